The second-order valence-corrected chi connectivity index (χ2v) is 5.09. The van der Waals surface area contributed by atoms with Gasteiger partial charge < -0.3 is 19.3 Å². The Hall–Kier alpha value is -2.34. The minimum Gasteiger partial charge on any atom is -0.457 e. The highest BCUT2D eigenvalue weighted by Gasteiger charge is 2.56. The molecule has 1 fully saturated rings. The summed E-state index contributed by atoms with van der Waals surface area (Å²) in [5, 5.41) is 8.74. The topological polar surface area (TPSA) is 82.1 Å². The highest BCUT2D eigenvalue weighted by Crippen LogP contribution is 2.36. The summed E-state index contributed by atoms with van der Waals surface area (Å²) in [6.45, 7) is 2.85. The van der Waals surface area contributed by atoms with E-state index in [2.05, 4.69) is 0 Å². The predicted octanol–water partition coefficient (Wildman–Crippen LogP) is 1.49. The molecule has 0 radical (unpaired) electrons. The number of carbonyl (C=O) groups is 2. The van der Waals surface area contributed by atoms with Crippen molar-refractivity contribution >= 4 is 18.0 Å². The third kappa shape index (κ3) is 3.12. The minimum atomic E-state index is -1.81. The summed E-state index contributed by atoms with van der Waals surface area (Å²) in [6.07, 6.45) is 1.51. The number of hydrogen-bond acceptors (Lipinski definition) is 6. The molecule has 0 saturated carbocycles. The first-order chi connectivity index (χ1) is 10.5. The molecule has 118 valence electrons. The SMILES string of the molecule is CC(C)[C@@]1(C(=O)OCCO)OC(=O)/C(=C/c2ccccc2)O1. The zero-order valence-electron chi connectivity index (χ0n) is 12.4. The monoisotopic (exact) mass is 306 g/mol. The molecule has 1 aromatic carbocycles. The number of aliphatic hydroxyl groups is 1. The third-order valence-electron chi connectivity index (χ3n) is 3.17. The van der Waals surface area contributed by atoms with Crippen LogP contribution >= 0.6 is 0 Å². The van der Waals surface area contributed by atoms with Crippen molar-refractivity contribution in [3.63, 3.8) is 0 Å². The van der Waals surface area contributed by atoms with Gasteiger partial charge in [0.15, 0.2) is 0 Å². The molecular formula is C16H18O6. The van der Waals surface area contributed by atoms with E-state index in [0.717, 1.165) is 5.56 Å². The number of rotatable bonds is 5. The standard InChI is InChI=1S/C16H18O6/c1-11(2)16(15(19)20-9-8-17)21-13(14(18)22-16)10-12-6-4-3-5-7-12/h3-7,10-11,17H,8-9H2,1-2H3/b13-10-/t16-/m0/s1. The van der Waals surface area contributed by atoms with Gasteiger partial charge in [0.1, 0.15) is 6.61 Å². The second-order valence-electron chi connectivity index (χ2n) is 5.09. The number of hydrogen-bond donors (Lipinski definition) is 1. The van der Waals surface area contributed by atoms with Crippen LogP contribution < -0.4 is 0 Å². The zero-order chi connectivity index (χ0) is 16.2. The van der Waals surface area contributed by atoms with Crippen molar-refractivity contribution in [3.05, 3.63) is 41.7 Å². The van der Waals surface area contributed by atoms with Crippen LogP contribution in [0.4, 0.5) is 0 Å². The zero-order valence-corrected chi connectivity index (χ0v) is 12.4. The number of ether oxygens (including phenoxy) is 3. The van der Waals surface area contributed by atoms with E-state index in [1.165, 1.54) is 6.08 Å². The van der Waals surface area contributed by atoms with Gasteiger partial charge in [0.25, 0.3) is 0 Å². The van der Waals surface area contributed by atoms with Gasteiger partial charge >= 0.3 is 17.7 Å². The Labute approximate surface area is 128 Å². The van der Waals surface area contributed by atoms with Gasteiger partial charge in [-0.1, -0.05) is 44.2 Å². The lowest BCUT2D eigenvalue weighted by molar-refractivity contribution is -0.218. The van der Waals surface area contributed by atoms with E-state index in [4.69, 9.17) is 19.3 Å². The summed E-state index contributed by atoms with van der Waals surface area (Å²) < 4.78 is 15.6. The van der Waals surface area contributed by atoms with Crippen LogP contribution in [0.1, 0.15) is 19.4 Å². The molecule has 1 atom stereocenters. The number of benzene rings is 1. The molecule has 6 nitrogen and oxygen atoms in total. The average molecular weight is 306 g/mol. The first-order valence-corrected chi connectivity index (χ1v) is 6.97. The lowest BCUT2D eigenvalue weighted by Gasteiger charge is -2.27. The van der Waals surface area contributed by atoms with Gasteiger partial charge in [-0.2, -0.15) is 0 Å². The second kappa shape index (κ2) is 6.62. The smallest absolute Gasteiger partial charge is 0.393 e. The van der Waals surface area contributed by atoms with Gasteiger partial charge in [0, 0.05) is 5.92 Å². The van der Waals surface area contributed by atoms with Crippen molar-refractivity contribution in [2.24, 2.45) is 5.92 Å². The molecule has 0 bridgehead atoms. The van der Waals surface area contributed by atoms with Crippen molar-refractivity contribution in [3.8, 4) is 0 Å². The molecule has 6 heteroatoms. The highest BCUT2D eigenvalue weighted by atomic mass is 16.8. The molecule has 1 aliphatic heterocycles. The molecule has 1 aromatic rings. The number of carbonyl (C=O) groups excluding carboxylic acids is 2. The quantitative estimate of drug-likeness (QED) is 0.655. The third-order valence-corrected chi connectivity index (χ3v) is 3.17. The number of aliphatic hydroxyl groups excluding tert-OH is 1. The predicted molar refractivity (Wildman–Crippen MR) is 77.2 cm³/mol. The summed E-state index contributed by atoms with van der Waals surface area (Å²) in [5.74, 6) is -3.88. The van der Waals surface area contributed by atoms with Crippen LogP contribution in [-0.2, 0) is 23.8 Å². The summed E-state index contributed by atoms with van der Waals surface area (Å²) in [6, 6.07) is 9.07. The van der Waals surface area contributed by atoms with Gasteiger partial charge in [0.05, 0.1) is 6.61 Å². The fraction of sp³-hybridized carbons (Fsp3) is 0.375. The largest absolute Gasteiger partial charge is 0.457 e. The van der Waals surface area contributed by atoms with Crippen LogP contribution in [0.2, 0.25) is 0 Å². The van der Waals surface area contributed by atoms with E-state index < -0.39 is 23.6 Å². The maximum absolute atomic E-state index is 12.1. The van der Waals surface area contributed by atoms with E-state index >= 15 is 0 Å². The first-order valence-electron chi connectivity index (χ1n) is 6.97. The minimum absolute atomic E-state index is 0.0548. The Bertz CT molecular complexity index is 578. The maximum atomic E-state index is 12.1. The average Bonchev–Trinajstić information content (AvgIpc) is 2.84. The number of cyclic esters (lactones) is 1. The molecule has 1 aliphatic rings. The van der Waals surface area contributed by atoms with Crippen molar-refractivity contribution in [1.82, 2.24) is 0 Å². The summed E-state index contributed by atoms with van der Waals surface area (Å²) in [5.41, 5.74) is 0.748. The van der Waals surface area contributed by atoms with Gasteiger partial charge in [-0.3, -0.25) is 0 Å². The first kappa shape index (κ1) is 16.0. The van der Waals surface area contributed by atoms with Crippen LogP contribution in [0.25, 0.3) is 6.08 Å². The van der Waals surface area contributed by atoms with Crippen molar-refractivity contribution in [2.75, 3.05) is 13.2 Å². The molecule has 0 aliphatic carbocycles. The fourth-order valence-corrected chi connectivity index (χ4v) is 2.00. The highest BCUT2D eigenvalue weighted by molar-refractivity contribution is 5.97. The van der Waals surface area contributed by atoms with Crippen LogP contribution in [0, 0.1) is 5.92 Å². The Morgan fingerprint density at radius 1 is 1.32 bits per heavy atom. The molecule has 0 amide bonds. The lowest BCUT2D eigenvalue weighted by atomic mass is 10.0. The van der Waals surface area contributed by atoms with Crippen molar-refractivity contribution in [1.29, 1.82) is 0 Å². The van der Waals surface area contributed by atoms with Crippen LogP contribution in [-0.4, -0.2) is 36.0 Å². The Morgan fingerprint density at radius 3 is 2.59 bits per heavy atom. The van der Waals surface area contributed by atoms with Gasteiger partial charge in [-0.25, -0.2) is 9.59 Å². The normalized spacial score (nSPS) is 22.5. The number of esters is 2. The molecule has 0 spiro atoms. The summed E-state index contributed by atoms with van der Waals surface area (Å²) in [7, 11) is 0. The van der Waals surface area contributed by atoms with Crippen LogP contribution in [0.3, 0.4) is 0 Å². The summed E-state index contributed by atoms with van der Waals surface area (Å²) >= 11 is 0. The van der Waals surface area contributed by atoms with Crippen molar-refractivity contribution < 1.29 is 28.9 Å². The molecule has 2 rings (SSSR count). The Morgan fingerprint density at radius 2 is 2.00 bits per heavy atom. The van der Waals surface area contributed by atoms with E-state index in [-0.39, 0.29) is 19.0 Å². The van der Waals surface area contributed by atoms with E-state index in [1.54, 1.807) is 26.0 Å². The molecule has 0 unspecified atom stereocenters. The fourth-order valence-electron chi connectivity index (χ4n) is 2.00. The lowest BCUT2D eigenvalue weighted by Crippen LogP contribution is -2.46. The molecule has 1 N–H and O–H groups in total. The van der Waals surface area contributed by atoms with E-state index in [1.807, 2.05) is 18.2 Å². The molecular weight excluding hydrogens is 288 g/mol. The van der Waals surface area contributed by atoms with Crippen molar-refractivity contribution in [2.45, 2.75) is 19.6 Å². The molecule has 0 aromatic heterocycles. The Balaban J connectivity index is 2.27. The Kier molecular flexibility index (Phi) is 4.82. The van der Waals surface area contributed by atoms with E-state index in [9.17, 15) is 9.59 Å². The van der Waals surface area contributed by atoms with Crippen LogP contribution in [0.5, 0.6) is 0 Å². The molecule has 1 heterocycles. The molecule has 1 saturated heterocycles. The van der Waals surface area contributed by atoms with Gasteiger partial charge in [-0.05, 0) is 11.6 Å². The van der Waals surface area contributed by atoms with Gasteiger partial charge in [-0.15, -0.1) is 0 Å². The van der Waals surface area contributed by atoms with E-state index in [0.29, 0.717) is 0 Å². The van der Waals surface area contributed by atoms with Crippen LogP contribution in [0.15, 0.2) is 36.1 Å². The molecule has 22 heavy (non-hydrogen) atoms. The summed E-state index contributed by atoms with van der Waals surface area (Å²) in [4.78, 5) is 24.2. The maximum Gasteiger partial charge on any atom is 0.393 e. The van der Waals surface area contributed by atoms with Gasteiger partial charge in [0.2, 0.25) is 5.76 Å².